The first-order valence-electron chi connectivity index (χ1n) is 8.02. The van der Waals surface area contributed by atoms with Crippen LogP contribution in [0.25, 0.3) is 11.0 Å². The Morgan fingerprint density at radius 3 is 2.83 bits per heavy atom. The number of carbonyl (C=O) groups is 1. The molecule has 3 aromatic rings. The van der Waals surface area contributed by atoms with Gasteiger partial charge in [0.2, 0.25) is 5.13 Å². The van der Waals surface area contributed by atoms with Crippen LogP contribution in [0, 0.1) is 6.92 Å². The normalized spacial score (nSPS) is 12.5. The standard InChI is InChI=1S/C16H20N6OS/c1-5-10(4)22-14-12(8-17-22)11(7-9(3)18-14)15(23)19-16-21-20-13(6-2)24-16/h7-8,10H,5-6H2,1-4H3,(H,19,21,23). The number of anilines is 1. The number of carbonyl (C=O) groups excluding carboxylic acids is 1. The van der Waals surface area contributed by atoms with Gasteiger partial charge in [0, 0.05) is 5.69 Å². The molecule has 0 spiro atoms. The fraction of sp³-hybridized carbons (Fsp3) is 0.438. The molecule has 24 heavy (non-hydrogen) atoms. The lowest BCUT2D eigenvalue weighted by atomic mass is 10.1. The first-order valence-corrected chi connectivity index (χ1v) is 8.83. The van der Waals surface area contributed by atoms with Crippen molar-refractivity contribution in [2.75, 3.05) is 5.32 Å². The van der Waals surface area contributed by atoms with Gasteiger partial charge in [-0.05, 0) is 32.8 Å². The van der Waals surface area contributed by atoms with Crippen LogP contribution in [-0.4, -0.2) is 30.9 Å². The molecule has 0 saturated carbocycles. The van der Waals surface area contributed by atoms with Crippen molar-refractivity contribution < 1.29 is 4.79 Å². The average molecular weight is 344 g/mol. The van der Waals surface area contributed by atoms with Gasteiger partial charge < -0.3 is 0 Å². The molecule has 1 N–H and O–H groups in total. The van der Waals surface area contributed by atoms with E-state index in [2.05, 4.69) is 39.4 Å². The number of aryl methyl sites for hydroxylation is 2. The maximum atomic E-state index is 12.7. The molecule has 0 aliphatic carbocycles. The Morgan fingerprint density at radius 1 is 1.38 bits per heavy atom. The summed E-state index contributed by atoms with van der Waals surface area (Å²) in [6, 6.07) is 2.00. The number of nitrogens with zero attached hydrogens (tertiary/aromatic N) is 5. The minimum absolute atomic E-state index is 0.215. The fourth-order valence-electron chi connectivity index (χ4n) is 2.44. The Morgan fingerprint density at radius 2 is 2.17 bits per heavy atom. The molecule has 0 radical (unpaired) electrons. The summed E-state index contributed by atoms with van der Waals surface area (Å²) < 4.78 is 1.87. The van der Waals surface area contributed by atoms with Crippen molar-refractivity contribution in [2.24, 2.45) is 0 Å². The Hall–Kier alpha value is -2.35. The smallest absolute Gasteiger partial charge is 0.258 e. The van der Waals surface area contributed by atoms with E-state index in [9.17, 15) is 4.79 Å². The molecular formula is C16H20N6OS. The van der Waals surface area contributed by atoms with E-state index in [-0.39, 0.29) is 11.9 Å². The van der Waals surface area contributed by atoms with Crippen molar-refractivity contribution in [3.05, 3.63) is 28.5 Å². The predicted molar refractivity (Wildman–Crippen MR) is 94.5 cm³/mol. The van der Waals surface area contributed by atoms with Crippen molar-refractivity contribution >= 4 is 33.4 Å². The van der Waals surface area contributed by atoms with Crippen LogP contribution in [0.2, 0.25) is 0 Å². The van der Waals surface area contributed by atoms with Crippen LogP contribution in [0.4, 0.5) is 5.13 Å². The summed E-state index contributed by atoms with van der Waals surface area (Å²) in [6.07, 6.45) is 3.45. The highest BCUT2D eigenvalue weighted by Crippen LogP contribution is 2.24. The first kappa shape index (κ1) is 16.5. The largest absolute Gasteiger partial charge is 0.296 e. The van der Waals surface area contributed by atoms with Gasteiger partial charge in [0.25, 0.3) is 5.91 Å². The lowest BCUT2D eigenvalue weighted by Crippen LogP contribution is -2.13. The summed E-state index contributed by atoms with van der Waals surface area (Å²) in [5.74, 6) is -0.215. The molecule has 1 unspecified atom stereocenters. The summed E-state index contributed by atoms with van der Waals surface area (Å²) in [5.41, 5.74) is 2.07. The second-order valence-corrected chi connectivity index (χ2v) is 6.77. The Labute approximate surface area is 144 Å². The topological polar surface area (TPSA) is 85.6 Å². The number of pyridine rings is 1. The molecule has 1 atom stereocenters. The summed E-state index contributed by atoms with van der Waals surface area (Å²) >= 11 is 1.39. The van der Waals surface area contributed by atoms with E-state index in [1.165, 1.54) is 11.3 Å². The Balaban J connectivity index is 1.99. The van der Waals surface area contributed by atoms with Crippen molar-refractivity contribution in [1.82, 2.24) is 25.0 Å². The zero-order chi connectivity index (χ0) is 17.3. The van der Waals surface area contributed by atoms with Gasteiger partial charge in [0.1, 0.15) is 5.01 Å². The number of fused-ring (bicyclic) bond motifs is 1. The second kappa shape index (κ2) is 6.64. The quantitative estimate of drug-likeness (QED) is 0.767. The predicted octanol–water partition coefficient (Wildman–Crippen LogP) is 3.38. The maximum Gasteiger partial charge on any atom is 0.258 e. The van der Waals surface area contributed by atoms with Crippen molar-refractivity contribution in [3.63, 3.8) is 0 Å². The molecule has 7 nitrogen and oxygen atoms in total. The van der Waals surface area contributed by atoms with Crippen LogP contribution in [0.1, 0.15) is 54.3 Å². The number of aromatic nitrogens is 5. The molecule has 8 heteroatoms. The SMILES string of the molecule is CCc1nnc(NC(=O)c2cc(C)nc3c2cnn3C(C)CC)s1. The van der Waals surface area contributed by atoms with Crippen LogP contribution in [0.5, 0.6) is 0 Å². The minimum Gasteiger partial charge on any atom is -0.296 e. The van der Waals surface area contributed by atoms with Gasteiger partial charge in [0.15, 0.2) is 5.65 Å². The van der Waals surface area contributed by atoms with Crippen molar-refractivity contribution in [3.8, 4) is 0 Å². The van der Waals surface area contributed by atoms with Gasteiger partial charge in [-0.15, -0.1) is 10.2 Å². The Bertz CT molecular complexity index is 884. The third kappa shape index (κ3) is 3.01. The van der Waals surface area contributed by atoms with Crippen LogP contribution < -0.4 is 5.32 Å². The van der Waals surface area contributed by atoms with Gasteiger partial charge >= 0.3 is 0 Å². The monoisotopic (exact) mass is 344 g/mol. The minimum atomic E-state index is -0.215. The zero-order valence-electron chi connectivity index (χ0n) is 14.2. The summed E-state index contributed by atoms with van der Waals surface area (Å²) in [6.45, 7) is 8.07. The third-order valence-corrected chi connectivity index (χ3v) is 4.92. The van der Waals surface area contributed by atoms with E-state index in [1.807, 2.05) is 18.5 Å². The molecule has 0 aliphatic rings. The van der Waals surface area contributed by atoms with Gasteiger partial charge in [-0.2, -0.15) is 5.10 Å². The summed E-state index contributed by atoms with van der Waals surface area (Å²) in [7, 11) is 0. The van der Waals surface area contributed by atoms with Crippen LogP contribution in [0.3, 0.4) is 0 Å². The summed E-state index contributed by atoms with van der Waals surface area (Å²) in [4.78, 5) is 17.3. The number of amides is 1. The van der Waals surface area contributed by atoms with E-state index in [0.717, 1.165) is 34.6 Å². The van der Waals surface area contributed by atoms with E-state index in [4.69, 9.17) is 0 Å². The zero-order valence-corrected chi connectivity index (χ0v) is 15.0. The van der Waals surface area contributed by atoms with Crippen molar-refractivity contribution in [2.45, 2.75) is 46.6 Å². The number of nitrogens with one attached hydrogen (secondary N) is 1. The van der Waals surface area contributed by atoms with Crippen LogP contribution in [0.15, 0.2) is 12.3 Å². The van der Waals surface area contributed by atoms with Gasteiger partial charge in [-0.25, -0.2) is 9.67 Å². The molecule has 0 aliphatic heterocycles. The number of rotatable bonds is 5. The van der Waals surface area contributed by atoms with E-state index < -0.39 is 0 Å². The fourth-order valence-corrected chi connectivity index (χ4v) is 3.11. The first-order chi connectivity index (χ1) is 11.5. The molecule has 126 valence electrons. The number of hydrogen-bond donors (Lipinski definition) is 1. The van der Waals surface area contributed by atoms with E-state index in [1.54, 1.807) is 12.3 Å². The molecule has 0 aromatic carbocycles. The van der Waals surface area contributed by atoms with Gasteiger partial charge in [-0.1, -0.05) is 25.2 Å². The summed E-state index contributed by atoms with van der Waals surface area (Å²) in [5, 5.41) is 17.4. The van der Waals surface area contributed by atoms with Crippen LogP contribution in [-0.2, 0) is 6.42 Å². The molecule has 0 saturated heterocycles. The number of hydrogen-bond acceptors (Lipinski definition) is 6. The maximum absolute atomic E-state index is 12.7. The highest BCUT2D eigenvalue weighted by Gasteiger charge is 2.18. The second-order valence-electron chi connectivity index (χ2n) is 5.70. The van der Waals surface area contributed by atoms with E-state index in [0.29, 0.717) is 10.7 Å². The average Bonchev–Trinajstić information content (AvgIpc) is 3.19. The molecule has 3 heterocycles. The van der Waals surface area contributed by atoms with Crippen LogP contribution >= 0.6 is 11.3 Å². The molecule has 1 amide bonds. The molecule has 3 rings (SSSR count). The lowest BCUT2D eigenvalue weighted by molar-refractivity contribution is 0.102. The highest BCUT2D eigenvalue weighted by atomic mass is 32.1. The highest BCUT2D eigenvalue weighted by molar-refractivity contribution is 7.15. The van der Waals surface area contributed by atoms with Crippen molar-refractivity contribution in [1.29, 1.82) is 0 Å². The lowest BCUT2D eigenvalue weighted by Gasteiger charge is -2.11. The molecule has 3 aromatic heterocycles. The Kier molecular flexibility index (Phi) is 4.57. The van der Waals surface area contributed by atoms with Gasteiger partial charge in [-0.3, -0.25) is 10.1 Å². The van der Waals surface area contributed by atoms with E-state index >= 15 is 0 Å². The molecular weight excluding hydrogens is 324 g/mol. The third-order valence-electron chi connectivity index (χ3n) is 3.94. The molecule has 0 bridgehead atoms. The van der Waals surface area contributed by atoms with Gasteiger partial charge in [0.05, 0.1) is 23.2 Å². The molecule has 0 fully saturated rings.